The van der Waals surface area contributed by atoms with Crippen molar-refractivity contribution in [3.8, 4) is 0 Å². The van der Waals surface area contributed by atoms with E-state index in [1.807, 2.05) is 0 Å². The van der Waals surface area contributed by atoms with Crippen molar-refractivity contribution in [3.05, 3.63) is 35.4 Å². The molecule has 7 nitrogen and oxygen atoms in total. The highest BCUT2D eigenvalue weighted by atomic mass is 16.6. The Balaban J connectivity index is 1.81. The van der Waals surface area contributed by atoms with Gasteiger partial charge in [0.15, 0.2) is 0 Å². The van der Waals surface area contributed by atoms with Crippen molar-refractivity contribution >= 4 is 17.8 Å². The molecule has 2 amide bonds. The third kappa shape index (κ3) is 2.79. The van der Waals surface area contributed by atoms with Gasteiger partial charge in [0.25, 0.3) is 0 Å². The fourth-order valence-electron chi connectivity index (χ4n) is 2.98. The van der Waals surface area contributed by atoms with Gasteiger partial charge in [0.1, 0.15) is 6.04 Å². The molecule has 7 heteroatoms. The predicted octanol–water partition coefficient (Wildman–Crippen LogP) is 0.609. The van der Waals surface area contributed by atoms with E-state index in [1.54, 1.807) is 31.4 Å². The number of methoxy groups -OCH3 is 1. The van der Waals surface area contributed by atoms with E-state index in [4.69, 9.17) is 9.47 Å². The number of esters is 1. The van der Waals surface area contributed by atoms with Gasteiger partial charge >= 0.3 is 5.97 Å². The van der Waals surface area contributed by atoms with Gasteiger partial charge in [0, 0.05) is 25.6 Å². The van der Waals surface area contributed by atoms with Crippen LogP contribution in [0.25, 0.3) is 0 Å². The molecule has 1 aromatic rings. The van der Waals surface area contributed by atoms with Gasteiger partial charge in [-0.2, -0.15) is 0 Å². The normalized spacial score (nSPS) is 22.9. The van der Waals surface area contributed by atoms with Crippen LogP contribution in [0.5, 0.6) is 0 Å². The van der Waals surface area contributed by atoms with Crippen LogP contribution in [0, 0.1) is 0 Å². The molecular formula is C16H18N2O5. The van der Waals surface area contributed by atoms with Crippen LogP contribution in [0.2, 0.25) is 0 Å². The zero-order valence-corrected chi connectivity index (χ0v) is 12.8. The molecule has 0 aliphatic carbocycles. The molecule has 23 heavy (non-hydrogen) atoms. The predicted molar refractivity (Wildman–Crippen MR) is 79.4 cm³/mol. The van der Waals surface area contributed by atoms with E-state index in [9.17, 15) is 14.4 Å². The van der Waals surface area contributed by atoms with Crippen LogP contribution in [-0.2, 0) is 19.1 Å². The molecule has 122 valence electrons. The smallest absolute Gasteiger partial charge is 0.340 e. The maximum absolute atomic E-state index is 12.3. The van der Waals surface area contributed by atoms with E-state index >= 15 is 0 Å². The van der Waals surface area contributed by atoms with Crippen molar-refractivity contribution in [1.82, 2.24) is 10.2 Å². The van der Waals surface area contributed by atoms with Crippen LogP contribution in [-0.4, -0.2) is 49.0 Å². The second-order valence-electron chi connectivity index (χ2n) is 5.48. The first-order valence-electron chi connectivity index (χ1n) is 7.51. The summed E-state index contributed by atoms with van der Waals surface area (Å²) < 4.78 is 10.3. The number of nitrogens with one attached hydrogen (secondary N) is 1. The number of hydrogen-bond acceptors (Lipinski definition) is 5. The molecule has 2 atom stereocenters. The Morgan fingerprint density at radius 3 is 2.96 bits per heavy atom. The molecule has 1 fully saturated rings. The average Bonchev–Trinajstić information content (AvgIpc) is 3.08. The standard InChI is InChI=1S/C16H18N2O5/c1-22-9-8-17-14(20)12-6-7-13(19)18(12)15-10-4-2-3-5-11(10)16(21)23-15/h2-5,12,15H,6-9H2,1H3,(H,17,20)/t12-,15-/m1/s1. The first kappa shape index (κ1) is 15.5. The Labute approximate surface area is 133 Å². The highest BCUT2D eigenvalue weighted by Crippen LogP contribution is 2.38. The van der Waals surface area contributed by atoms with Gasteiger partial charge in [-0.3, -0.25) is 14.5 Å². The number of carbonyl (C=O) groups excluding carboxylic acids is 3. The molecule has 0 radical (unpaired) electrons. The van der Waals surface area contributed by atoms with E-state index in [0.29, 0.717) is 30.7 Å². The van der Waals surface area contributed by atoms with Crippen LogP contribution in [0.3, 0.4) is 0 Å². The number of ether oxygens (including phenoxy) is 2. The van der Waals surface area contributed by atoms with Crippen molar-refractivity contribution in [3.63, 3.8) is 0 Å². The zero-order chi connectivity index (χ0) is 16.4. The van der Waals surface area contributed by atoms with Crippen LogP contribution in [0.4, 0.5) is 0 Å². The van der Waals surface area contributed by atoms with Crippen LogP contribution in [0.15, 0.2) is 24.3 Å². The Hall–Kier alpha value is -2.41. The summed E-state index contributed by atoms with van der Waals surface area (Å²) >= 11 is 0. The van der Waals surface area contributed by atoms with Crippen molar-refractivity contribution in [2.24, 2.45) is 0 Å². The lowest BCUT2D eigenvalue weighted by molar-refractivity contribution is -0.145. The van der Waals surface area contributed by atoms with Gasteiger partial charge in [-0.1, -0.05) is 18.2 Å². The van der Waals surface area contributed by atoms with Gasteiger partial charge in [-0.25, -0.2) is 4.79 Å². The number of fused-ring (bicyclic) bond motifs is 1. The van der Waals surface area contributed by atoms with Gasteiger partial charge in [0.2, 0.25) is 18.0 Å². The highest BCUT2D eigenvalue weighted by molar-refractivity contribution is 5.96. The van der Waals surface area contributed by atoms with Crippen molar-refractivity contribution < 1.29 is 23.9 Å². The molecule has 1 aromatic carbocycles. The Bertz CT molecular complexity index is 645. The van der Waals surface area contributed by atoms with E-state index in [-0.39, 0.29) is 18.2 Å². The number of benzene rings is 1. The first-order valence-corrected chi connectivity index (χ1v) is 7.51. The van der Waals surface area contributed by atoms with Gasteiger partial charge < -0.3 is 14.8 Å². The topological polar surface area (TPSA) is 84.9 Å². The molecular weight excluding hydrogens is 300 g/mol. The number of likely N-dealkylation sites (tertiary alicyclic amines) is 1. The molecule has 2 aliphatic heterocycles. The molecule has 0 aromatic heterocycles. The van der Waals surface area contributed by atoms with Crippen molar-refractivity contribution in [2.75, 3.05) is 20.3 Å². The summed E-state index contributed by atoms with van der Waals surface area (Å²) in [6.45, 7) is 0.766. The highest BCUT2D eigenvalue weighted by Gasteiger charge is 2.46. The van der Waals surface area contributed by atoms with Crippen molar-refractivity contribution in [1.29, 1.82) is 0 Å². The van der Waals surface area contributed by atoms with Gasteiger partial charge in [-0.05, 0) is 12.5 Å². The third-order valence-corrected chi connectivity index (χ3v) is 4.08. The molecule has 0 saturated carbocycles. The molecule has 3 rings (SSSR count). The number of rotatable bonds is 5. The van der Waals surface area contributed by atoms with Crippen LogP contribution in [0.1, 0.15) is 35.0 Å². The number of carbonyl (C=O) groups is 3. The third-order valence-electron chi connectivity index (χ3n) is 4.08. The quantitative estimate of drug-likeness (QED) is 0.635. The Kier molecular flexibility index (Phi) is 4.29. The minimum Gasteiger partial charge on any atom is -0.433 e. The number of hydrogen-bond donors (Lipinski definition) is 1. The summed E-state index contributed by atoms with van der Waals surface area (Å²) in [5.41, 5.74) is 1.07. The van der Waals surface area contributed by atoms with E-state index in [0.717, 1.165) is 0 Å². The van der Waals surface area contributed by atoms with Gasteiger partial charge in [0.05, 0.1) is 12.2 Å². The monoisotopic (exact) mass is 318 g/mol. The van der Waals surface area contributed by atoms with E-state index < -0.39 is 18.2 Å². The minimum atomic E-state index is -0.827. The van der Waals surface area contributed by atoms with Crippen LogP contribution < -0.4 is 5.32 Å². The fraction of sp³-hybridized carbons (Fsp3) is 0.438. The second kappa shape index (κ2) is 6.37. The molecule has 0 bridgehead atoms. The molecule has 1 N–H and O–H groups in total. The summed E-state index contributed by atoms with van der Waals surface area (Å²) in [7, 11) is 1.55. The molecule has 2 heterocycles. The van der Waals surface area contributed by atoms with Crippen molar-refractivity contribution in [2.45, 2.75) is 25.1 Å². The number of amides is 2. The summed E-state index contributed by atoms with van der Waals surface area (Å²) in [6, 6.07) is 6.29. The summed E-state index contributed by atoms with van der Waals surface area (Å²) in [5, 5.41) is 2.74. The lowest BCUT2D eigenvalue weighted by Gasteiger charge is -2.29. The maximum Gasteiger partial charge on any atom is 0.340 e. The van der Waals surface area contributed by atoms with Gasteiger partial charge in [-0.15, -0.1) is 0 Å². The number of cyclic esters (lactones) is 1. The summed E-state index contributed by atoms with van der Waals surface area (Å²) in [5.74, 6) is -0.913. The van der Waals surface area contributed by atoms with Crippen LogP contribution >= 0.6 is 0 Å². The summed E-state index contributed by atoms with van der Waals surface area (Å²) in [4.78, 5) is 37.9. The lowest BCUT2D eigenvalue weighted by Crippen LogP contribution is -2.47. The molecule has 2 aliphatic rings. The minimum absolute atomic E-state index is 0.189. The number of nitrogens with zero attached hydrogens (tertiary/aromatic N) is 1. The Morgan fingerprint density at radius 1 is 1.39 bits per heavy atom. The molecule has 1 saturated heterocycles. The SMILES string of the molecule is COCCNC(=O)[C@H]1CCC(=O)N1[C@@H]1OC(=O)c2ccccc21. The van der Waals surface area contributed by atoms with E-state index in [1.165, 1.54) is 4.90 Å². The molecule has 0 spiro atoms. The zero-order valence-electron chi connectivity index (χ0n) is 12.8. The average molecular weight is 318 g/mol. The largest absolute Gasteiger partial charge is 0.433 e. The summed E-state index contributed by atoms with van der Waals surface area (Å²) in [6.07, 6.45) is -0.154. The lowest BCUT2D eigenvalue weighted by atomic mass is 10.1. The molecule has 0 unspecified atom stereocenters. The fourth-order valence-corrected chi connectivity index (χ4v) is 2.98. The Morgan fingerprint density at radius 2 is 2.17 bits per heavy atom. The maximum atomic E-state index is 12.3. The second-order valence-corrected chi connectivity index (χ2v) is 5.48. The van der Waals surface area contributed by atoms with E-state index in [2.05, 4.69) is 5.32 Å². The first-order chi connectivity index (χ1) is 11.1.